The molecule has 0 spiro atoms. The molecule has 0 saturated carbocycles. The van der Waals surface area contributed by atoms with Gasteiger partial charge in [0.25, 0.3) is 0 Å². The summed E-state index contributed by atoms with van der Waals surface area (Å²) in [6.07, 6.45) is 4.53. The number of likely N-dealkylation sites (tertiary alicyclic amines) is 1. The van der Waals surface area contributed by atoms with Crippen LogP contribution in [-0.2, 0) is 5.41 Å². The highest BCUT2D eigenvalue weighted by Gasteiger charge is 2.31. The molecule has 1 aromatic carbocycles. The number of rotatable bonds is 2. The molecule has 1 aliphatic rings. The van der Waals surface area contributed by atoms with Crippen molar-refractivity contribution in [2.45, 2.75) is 18.3 Å². The summed E-state index contributed by atoms with van der Waals surface area (Å²) in [4.78, 5) is 2.39. The van der Waals surface area contributed by atoms with Crippen LogP contribution < -0.4 is 0 Å². The Morgan fingerprint density at radius 3 is 2.33 bits per heavy atom. The lowest BCUT2D eigenvalue weighted by Gasteiger charge is -2.39. The quantitative estimate of drug-likeness (QED) is 0.665. The summed E-state index contributed by atoms with van der Waals surface area (Å²) in [6, 6.07) is 10.8. The Morgan fingerprint density at radius 1 is 1.20 bits per heavy atom. The maximum absolute atomic E-state index is 4.04. The summed E-state index contributed by atoms with van der Waals surface area (Å²) in [5.74, 6) is 0. The highest BCUT2D eigenvalue weighted by Crippen LogP contribution is 2.35. The number of allylic oxidation sites excluding steroid dienone is 1. The van der Waals surface area contributed by atoms with Gasteiger partial charge in [-0.2, -0.15) is 0 Å². The molecule has 1 heterocycles. The Kier molecular flexibility index (Phi) is 2.92. The molecule has 0 radical (unpaired) electrons. The van der Waals surface area contributed by atoms with E-state index in [-0.39, 0.29) is 5.41 Å². The summed E-state index contributed by atoms with van der Waals surface area (Å²) < 4.78 is 0. The summed E-state index contributed by atoms with van der Waals surface area (Å²) in [5, 5.41) is 0. The van der Waals surface area contributed by atoms with E-state index in [1.165, 1.54) is 31.5 Å². The van der Waals surface area contributed by atoms with Crippen molar-refractivity contribution < 1.29 is 0 Å². The van der Waals surface area contributed by atoms with Gasteiger partial charge in [0.2, 0.25) is 0 Å². The Labute approximate surface area is 92.4 Å². The van der Waals surface area contributed by atoms with E-state index in [2.05, 4.69) is 54.9 Å². The molecule has 2 rings (SSSR count). The molecule has 1 aliphatic heterocycles. The van der Waals surface area contributed by atoms with Gasteiger partial charge in [0.1, 0.15) is 0 Å². The van der Waals surface area contributed by atoms with Gasteiger partial charge in [0.15, 0.2) is 0 Å². The van der Waals surface area contributed by atoms with E-state index in [0.717, 1.165) is 0 Å². The minimum atomic E-state index is 0.216. The second-order valence-electron chi connectivity index (χ2n) is 4.53. The molecule has 0 bridgehead atoms. The molecule has 80 valence electrons. The number of hydrogen-bond acceptors (Lipinski definition) is 1. The third-order valence-electron chi connectivity index (χ3n) is 3.62. The minimum Gasteiger partial charge on any atom is -0.306 e. The van der Waals surface area contributed by atoms with Gasteiger partial charge in [0, 0.05) is 5.41 Å². The van der Waals surface area contributed by atoms with Crippen molar-refractivity contribution in [2.75, 3.05) is 20.1 Å². The SMILES string of the molecule is C=CC1(c2ccccc2)CCN(C)CC1. The molecular formula is C14H19N. The Morgan fingerprint density at radius 2 is 1.80 bits per heavy atom. The van der Waals surface area contributed by atoms with Crippen molar-refractivity contribution >= 4 is 0 Å². The van der Waals surface area contributed by atoms with E-state index in [0.29, 0.717) is 0 Å². The zero-order valence-corrected chi connectivity index (χ0v) is 9.45. The zero-order chi connectivity index (χ0) is 10.7. The van der Waals surface area contributed by atoms with Crippen molar-refractivity contribution in [3.63, 3.8) is 0 Å². The molecule has 1 saturated heterocycles. The number of piperidine rings is 1. The summed E-state index contributed by atoms with van der Waals surface area (Å²) in [6.45, 7) is 6.37. The average molecular weight is 201 g/mol. The normalized spacial score (nSPS) is 21.1. The maximum atomic E-state index is 4.04. The van der Waals surface area contributed by atoms with E-state index < -0.39 is 0 Å². The molecule has 0 aliphatic carbocycles. The van der Waals surface area contributed by atoms with E-state index in [1.54, 1.807) is 0 Å². The first-order valence-corrected chi connectivity index (χ1v) is 5.64. The predicted molar refractivity (Wildman–Crippen MR) is 65.0 cm³/mol. The molecule has 0 amide bonds. The molecule has 0 unspecified atom stereocenters. The van der Waals surface area contributed by atoms with Crippen LogP contribution in [0, 0.1) is 0 Å². The van der Waals surface area contributed by atoms with Crippen LogP contribution in [0.3, 0.4) is 0 Å². The third kappa shape index (κ3) is 1.98. The second kappa shape index (κ2) is 4.19. The largest absolute Gasteiger partial charge is 0.306 e. The number of nitrogens with zero attached hydrogens (tertiary/aromatic N) is 1. The molecule has 1 heteroatoms. The summed E-state index contributed by atoms with van der Waals surface area (Å²) in [7, 11) is 2.19. The fraction of sp³-hybridized carbons (Fsp3) is 0.429. The van der Waals surface area contributed by atoms with Crippen LogP contribution in [0.5, 0.6) is 0 Å². The van der Waals surface area contributed by atoms with E-state index in [9.17, 15) is 0 Å². The molecule has 0 N–H and O–H groups in total. The minimum absolute atomic E-state index is 0.216. The monoisotopic (exact) mass is 201 g/mol. The molecule has 15 heavy (non-hydrogen) atoms. The van der Waals surface area contributed by atoms with Gasteiger partial charge in [-0.1, -0.05) is 36.4 Å². The smallest absolute Gasteiger partial charge is 0.0154 e. The van der Waals surface area contributed by atoms with Gasteiger partial charge in [-0.05, 0) is 38.5 Å². The van der Waals surface area contributed by atoms with Crippen LogP contribution in [0.25, 0.3) is 0 Å². The highest BCUT2D eigenvalue weighted by molar-refractivity contribution is 5.31. The van der Waals surface area contributed by atoms with Gasteiger partial charge < -0.3 is 4.90 Å². The lowest BCUT2D eigenvalue weighted by atomic mass is 9.73. The van der Waals surface area contributed by atoms with Crippen molar-refractivity contribution in [1.29, 1.82) is 0 Å². The molecule has 1 aromatic rings. The Hall–Kier alpha value is -1.08. The first kappa shape index (κ1) is 10.4. The van der Waals surface area contributed by atoms with Crippen LogP contribution in [0.4, 0.5) is 0 Å². The van der Waals surface area contributed by atoms with Crippen molar-refractivity contribution in [3.05, 3.63) is 48.6 Å². The van der Waals surface area contributed by atoms with Gasteiger partial charge in [-0.3, -0.25) is 0 Å². The molecule has 1 fully saturated rings. The number of hydrogen-bond donors (Lipinski definition) is 0. The van der Waals surface area contributed by atoms with Crippen LogP contribution >= 0.6 is 0 Å². The van der Waals surface area contributed by atoms with E-state index >= 15 is 0 Å². The first-order chi connectivity index (χ1) is 7.27. The lowest BCUT2D eigenvalue weighted by Crippen LogP contribution is -2.39. The topological polar surface area (TPSA) is 3.24 Å². The van der Waals surface area contributed by atoms with E-state index in [4.69, 9.17) is 0 Å². The van der Waals surface area contributed by atoms with Crippen LogP contribution in [0.2, 0.25) is 0 Å². The summed E-state index contributed by atoms with van der Waals surface area (Å²) in [5.41, 5.74) is 1.64. The van der Waals surface area contributed by atoms with Gasteiger partial charge in [-0.25, -0.2) is 0 Å². The van der Waals surface area contributed by atoms with Crippen molar-refractivity contribution in [1.82, 2.24) is 4.90 Å². The van der Waals surface area contributed by atoms with Gasteiger partial charge in [0.05, 0.1) is 0 Å². The maximum Gasteiger partial charge on any atom is 0.0154 e. The number of benzene rings is 1. The first-order valence-electron chi connectivity index (χ1n) is 5.64. The fourth-order valence-corrected chi connectivity index (χ4v) is 2.40. The van der Waals surface area contributed by atoms with Gasteiger partial charge >= 0.3 is 0 Å². The predicted octanol–water partition coefficient (Wildman–Crippen LogP) is 2.84. The van der Waals surface area contributed by atoms with Crippen molar-refractivity contribution in [3.8, 4) is 0 Å². The fourth-order valence-electron chi connectivity index (χ4n) is 2.40. The molecule has 1 nitrogen and oxygen atoms in total. The Balaban J connectivity index is 2.27. The average Bonchev–Trinajstić information content (AvgIpc) is 2.32. The van der Waals surface area contributed by atoms with Gasteiger partial charge in [-0.15, -0.1) is 6.58 Å². The summed E-state index contributed by atoms with van der Waals surface area (Å²) >= 11 is 0. The standard InChI is InChI=1S/C14H19N/c1-3-14(9-11-15(2)12-10-14)13-7-5-4-6-8-13/h3-8H,1,9-12H2,2H3. The van der Waals surface area contributed by atoms with Crippen LogP contribution in [-0.4, -0.2) is 25.0 Å². The highest BCUT2D eigenvalue weighted by atomic mass is 15.1. The van der Waals surface area contributed by atoms with Crippen LogP contribution in [0.15, 0.2) is 43.0 Å². The second-order valence-corrected chi connectivity index (χ2v) is 4.53. The Bertz CT molecular complexity index is 320. The molecular weight excluding hydrogens is 182 g/mol. The van der Waals surface area contributed by atoms with Crippen LogP contribution in [0.1, 0.15) is 18.4 Å². The third-order valence-corrected chi connectivity index (χ3v) is 3.62. The lowest BCUT2D eigenvalue weighted by molar-refractivity contribution is 0.218. The van der Waals surface area contributed by atoms with E-state index in [1.807, 2.05) is 0 Å². The van der Waals surface area contributed by atoms with Crippen molar-refractivity contribution in [2.24, 2.45) is 0 Å². The molecule has 0 aromatic heterocycles. The molecule has 0 atom stereocenters. The zero-order valence-electron chi connectivity index (χ0n) is 9.45.